The van der Waals surface area contributed by atoms with Gasteiger partial charge >= 0.3 is 0 Å². The van der Waals surface area contributed by atoms with E-state index in [-0.39, 0.29) is 52.3 Å². The fourth-order valence-electron chi connectivity index (χ4n) is 1.62. The molecule has 0 unspecified atom stereocenters. The van der Waals surface area contributed by atoms with Crippen LogP contribution in [0.2, 0.25) is 0 Å². The van der Waals surface area contributed by atoms with Gasteiger partial charge < -0.3 is 0 Å². The van der Waals surface area contributed by atoms with Crippen molar-refractivity contribution in [1.82, 2.24) is 15.0 Å². The molecule has 20 heavy (non-hydrogen) atoms. The second-order valence-electron chi connectivity index (χ2n) is 4.03. The Hall–Kier alpha value is -2.55. The fraction of sp³-hybridized carbons (Fsp3) is 0.118. The summed E-state index contributed by atoms with van der Waals surface area (Å²) in [7, 11) is 0. The number of aromatic nitrogens is 3. The molecule has 0 bridgehead atoms. The fourth-order valence-corrected chi connectivity index (χ4v) is 1.62. The van der Waals surface area contributed by atoms with Crippen LogP contribution >= 0.6 is 0 Å². The molecule has 0 aliphatic carbocycles. The summed E-state index contributed by atoms with van der Waals surface area (Å²) in [6, 6.07) is -3.78. The molecule has 3 heteroatoms. The lowest BCUT2D eigenvalue weighted by atomic mass is 10.1. The van der Waals surface area contributed by atoms with Gasteiger partial charge in [0.25, 0.3) is 0 Å². The molecule has 0 atom stereocenters. The highest BCUT2D eigenvalue weighted by molar-refractivity contribution is 5.61. The number of nitrogens with zero attached hydrogens (tertiary/aromatic N) is 3. The monoisotopic (exact) mass is 270 g/mol. The Morgan fingerprint density at radius 1 is 0.750 bits per heavy atom. The quantitative estimate of drug-likeness (QED) is 0.710. The molecule has 3 aromatic rings. The maximum absolute atomic E-state index is 8.25. The Labute approximate surface area is 131 Å². The molecule has 0 aliphatic rings. The molecule has 3 nitrogen and oxygen atoms in total. The van der Waals surface area contributed by atoms with Crippen molar-refractivity contribution in [1.29, 1.82) is 0 Å². The van der Waals surface area contributed by atoms with Gasteiger partial charge in [0, 0.05) is 11.1 Å². The Bertz CT molecular complexity index is 1030. The highest BCUT2D eigenvalue weighted by Crippen LogP contribution is 2.20. The zero-order valence-electron chi connectivity index (χ0n) is 19.8. The molecular weight excluding hydrogens is 246 g/mol. The standard InChI is InChI=1S/C17H15N3/c1-12-7-6-10-15(11-12)17-19-13(2)18-16(20-17)14-8-4-3-5-9-14/h3-11H,1-2H3/i3D,4D,5D,6D,7D,8D,9D,10D,11D. The molecule has 1 aromatic heterocycles. The minimum Gasteiger partial charge on any atom is -0.213 e. The van der Waals surface area contributed by atoms with Crippen LogP contribution in [0.4, 0.5) is 0 Å². The zero-order valence-corrected chi connectivity index (χ0v) is 10.8. The third-order valence-electron chi connectivity index (χ3n) is 2.44. The van der Waals surface area contributed by atoms with E-state index in [0.717, 1.165) is 0 Å². The maximum atomic E-state index is 8.25. The summed E-state index contributed by atoms with van der Waals surface area (Å²) in [6.07, 6.45) is 0. The van der Waals surface area contributed by atoms with Crippen LogP contribution in [0.15, 0.2) is 54.4 Å². The first-order valence-corrected chi connectivity index (χ1v) is 5.84. The normalized spacial score (nSPS) is 16.8. The summed E-state index contributed by atoms with van der Waals surface area (Å²) in [5, 5.41) is 0. The molecule has 2 aromatic carbocycles. The summed E-state index contributed by atoms with van der Waals surface area (Å²) >= 11 is 0. The highest BCUT2D eigenvalue weighted by atomic mass is 15.0. The Morgan fingerprint density at radius 2 is 1.40 bits per heavy atom. The number of aryl methyl sites for hydroxylation is 1. The first-order chi connectivity index (χ1) is 13.5. The Kier molecular flexibility index (Phi) is 1.52. The predicted molar refractivity (Wildman–Crippen MR) is 80.2 cm³/mol. The van der Waals surface area contributed by atoms with Crippen molar-refractivity contribution in [3.8, 4) is 22.8 Å². The van der Waals surface area contributed by atoms with Crippen molar-refractivity contribution in [2.24, 2.45) is 0 Å². The molecule has 0 N–H and O–H groups in total. The maximum Gasteiger partial charge on any atom is 0.163 e. The van der Waals surface area contributed by atoms with Gasteiger partial charge in [-0.3, -0.25) is 0 Å². The number of rotatable bonds is 2. The average molecular weight is 270 g/mol. The van der Waals surface area contributed by atoms with Crippen molar-refractivity contribution in [2.45, 2.75) is 13.8 Å². The lowest BCUT2D eigenvalue weighted by Crippen LogP contribution is -1.99. The molecule has 3 rings (SSSR count). The smallest absolute Gasteiger partial charge is 0.163 e. The van der Waals surface area contributed by atoms with Gasteiger partial charge in [0.05, 0.1) is 12.3 Å². The van der Waals surface area contributed by atoms with Crippen molar-refractivity contribution >= 4 is 0 Å². The Morgan fingerprint density at radius 3 is 2.15 bits per heavy atom. The van der Waals surface area contributed by atoms with Gasteiger partial charge in [-0.25, -0.2) is 15.0 Å². The molecule has 0 saturated carbocycles. The van der Waals surface area contributed by atoms with Crippen molar-refractivity contribution < 1.29 is 12.3 Å². The topological polar surface area (TPSA) is 38.7 Å². The van der Waals surface area contributed by atoms with Gasteiger partial charge in [-0.05, 0) is 19.9 Å². The van der Waals surface area contributed by atoms with Gasteiger partial charge in [-0.2, -0.15) is 0 Å². The predicted octanol–water partition coefficient (Wildman–Crippen LogP) is 3.82. The Balaban J connectivity index is 2.37. The summed E-state index contributed by atoms with van der Waals surface area (Å²) in [6.45, 7) is 2.99. The van der Waals surface area contributed by atoms with E-state index >= 15 is 0 Å². The highest BCUT2D eigenvalue weighted by Gasteiger charge is 2.08. The third-order valence-corrected chi connectivity index (χ3v) is 2.44. The van der Waals surface area contributed by atoms with E-state index in [9.17, 15) is 0 Å². The number of hydrogen-bond donors (Lipinski definition) is 0. The molecule has 0 amide bonds. The van der Waals surface area contributed by atoms with E-state index in [0.29, 0.717) is 0 Å². The van der Waals surface area contributed by atoms with E-state index in [1.807, 2.05) is 0 Å². The zero-order chi connectivity index (χ0) is 21.8. The summed E-state index contributed by atoms with van der Waals surface area (Å²) < 4.78 is 71.7. The summed E-state index contributed by atoms with van der Waals surface area (Å²) in [4.78, 5) is 12.4. The lowest BCUT2D eigenvalue weighted by molar-refractivity contribution is 0.991. The molecule has 1 heterocycles. The molecule has 0 fully saturated rings. The van der Waals surface area contributed by atoms with Crippen LogP contribution in [0.25, 0.3) is 22.8 Å². The lowest BCUT2D eigenvalue weighted by Gasteiger charge is -2.06. The molecule has 0 radical (unpaired) electrons. The van der Waals surface area contributed by atoms with E-state index in [1.165, 1.54) is 13.8 Å². The van der Waals surface area contributed by atoms with E-state index in [1.54, 1.807) is 0 Å². The van der Waals surface area contributed by atoms with Gasteiger partial charge in [0.1, 0.15) is 5.82 Å². The van der Waals surface area contributed by atoms with Crippen LogP contribution in [0.1, 0.15) is 23.7 Å². The van der Waals surface area contributed by atoms with Crippen LogP contribution in [-0.2, 0) is 0 Å². The minimum absolute atomic E-state index is 0.0809. The first kappa shape index (κ1) is 5.83. The SMILES string of the molecule is [2H]c1c([2H])c([2H])c(-c2nc(C)nc(-c3c([2H])c([2H])c([2H])c(C)c3[2H])n2)c([2H])c1[2H]. The molecule has 0 spiro atoms. The van der Waals surface area contributed by atoms with E-state index in [2.05, 4.69) is 15.0 Å². The number of hydrogen-bond acceptors (Lipinski definition) is 3. The second kappa shape index (κ2) is 5.21. The van der Waals surface area contributed by atoms with Crippen LogP contribution in [0.3, 0.4) is 0 Å². The van der Waals surface area contributed by atoms with E-state index in [4.69, 9.17) is 12.3 Å². The average Bonchev–Trinajstić information content (AvgIpc) is 2.67. The van der Waals surface area contributed by atoms with E-state index < -0.39 is 36.3 Å². The second-order valence-corrected chi connectivity index (χ2v) is 4.03. The molecule has 0 aliphatic heterocycles. The molecule has 0 saturated heterocycles. The number of benzene rings is 2. The summed E-state index contributed by atoms with van der Waals surface area (Å²) in [5.41, 5.74) is -0.119. The van der Waals surface area contributed by atoms with Crippen molar-refractivity contribution in [3.63, 3.8) is 0 Å². The molecule has 98 valence electrons. The van der Waals surface area contributed by atoms with Crippen LogP contribution in [0.5, 0.6) is 0 Å². The molecular formula is C17H15N3. The van der Waals surface area contributed by atoms with Crippen LogP contribution in [0, 0.1) is 13.8 Å². The largest absolute Gasteiger partial charge is 0.213 e. The van der Waals surface area contributed by atoms with Crippen molar-refractivity contribution in [2.75, 3.05) is 0 Å². The van der Waals surface area contributed by atoms with Gasteiger partial charge in [0.15, 0.2) is 11.6 Å². The van der Waals surface area contributed by atoms with Gasteiger partial charge in [-0.15, -0.1) is 0 Å². The third kappa shape index (κ3) is 2.57. The minimum atomic E-state index is -0.544. The van der Waals surface area contributed by atoms with Gasteiger partial charge in [-0.1, -0.05) is 53.9 Å². The van der Waals surface area contributed by atoms with Crippen LogP contribution < -0.4 is 0 Å². The van der Waals surface area contributed by atoms with Crippen molar-refractivity contribution in [3.05, 3.63) is 65.8 Å². The van der Waals surface area contributed by atoms with Gasteiger partial charge in [0.2, 0.25) is 0 Å². The summed E-state index contributed by atoms with van der Waals surface area (Å²) in [5.74, 6) is -0.178. The first-order valence-electron chi connectivity index (χ1n) is 10.3. The van der Waals surface area contributed by atoms with Crippen LogP contribution in [-0.4, -0.2) is 15.0 Å².